The molecule has 0 unspecified atom stereocenters. The molecular weight excluding hydrogens is 462 g/mol. The average Bonchev–Trinajstić information content (AvgIpc) is 3.26. The fourth-order valence-corrected chi connectivity index (χ4v) is 4.63. The van der Waals surface area contributed by atoms with E-state index >= 15 is 0 Å². The number of aromatic nitrogens is 1. The summed E-state index contributed by atoms with van der Waals surface area (Å²) in [5.41, 5.74) is 4.19. The number of amides is 1. The fraction of sp³-hybridized carbons (Fsp3) is 0.125. The number of benzene rings is 2. The molecule has 0 saturated carbocycles. The third-order valence-electron chi connectivity index (χ3n) is 5.15. The third kappa shape index (κ3) is 4.67. The summed E-state index contributed by atoms with van der Waals surface area (Å²) in [7, 11) is 1.60. The molecule has 1 aliphatic heterocycles. The van der Waals surface area contributed by atoms with Gasteiger partial charge in [0.25, 0.3) is 5.91 Å². The molecule has 0 radical (unpaired) electrons. The van der Waals surface area contributed by atoms with Crippen molar-refractivity contribution in [2.75, 3.05) is 7.11 Å². The van der Waals surface area contributed by atoms with Crippen molar-refractivity contribution >= 4 is 52.2 Å². The number of carboxylic acid groups (broad SMARTS) is 1. The zero-order valence-electron chi connectivity index (χ0n) is 18.0. The van der Waals surface area contributed by atoms with E-state index in [0.29, 0.717) is 15.8 Å². The van der Waals surface area contributed by atoms with E-state index in [1.165, 1.54) is 17.8 Å². The van der Waals surface area contributed by atoms with E-state index < -0.39 is 5.97 Å². The van der Waals surface area contributed by atoms with Crippen molar-refractivity contribution in [3.63, 3.8) is 0 Å². The Bertz CT molecular complexity index is 1330. The highest BCUT2D eigenvalue weighted by Gasteiger charge is 2.25. The second-order valence-electron chi connectivity index (χ2n) is 7.31. The van der Waals surface area contributed by atoms with E-state index in [1.54, 1.807) is 19.2 Å². The van der Waals surface area contributed by atoms with Crippen molar-refractivity contribution in [2.24, 2.45) is 4.99 Å². The molecule has 2 aromatic carbocycles. The number of hydrogen-bond acceptors (Lipinski definition) is 5. The summed E-state index contributed by atoms with van der Waals surface area (Å²) in [6.45, 7) is 3.87. The number of aliphatic imine (C=N–C) groups is 1. The van der Waals surface area contributed by atoms with Crippen molar-refractivity contribution in [1.29, 1.82) is 0 Å². The monoisotopic (exact) mass is 481 g/mol. The molecule has 4 rings (SSSR count). The molecule has 3 aromatic rings. The Morgan fingerprint density at radius 1 is 1.18 bits per heavy atom. The molecule has 0 aliphatic carbocycles. The van der Waals surface area contributed by atoms with E-state index in [2.05, 4.69) is 10.3 Å². The van der Waals surface area contributed by atoms with Crippen molar-refractivity contribution in [3.8, 4) is 11.4 Å². The lowest BCUT2D eigenvalue weighted by atomic mass is 10.2. The van der Waals surface area contributed by atoms with Gasteiger partial charge in [0.05, 0.1) is 28.3 Å². The Kier molecular flexibility index (Phi) is 6.31. The van der Waals surface area contributed by atoms with Crippen molar-refractivity contribution in [2.45, 2.75) is 13.8 Å². The standard InChI is InChI=1S/C24H20ClN3O4S/c1-13-10-15(14(2)28(13)17-6-9-19(23(30)31)20(25)12-17)11-21-22(29)27-24(33-21)26-16-4-7-18(32-3)8-5-16/h4-12H,1-3H3,(H,30,31)(H,26,27,29)/b21-11-. The Morgan fingerprint density at radius 3 is 2.55 bits per heavy atom. The number of nitrogens with zero attached hydrogens (tertiary/aromatic N) is 2. The Hall–Kier alpha value is -3.49. The lowest BCUT2D eigenvalue weighted by molar-refractivity contribution is -0.115. The molecule has 1 aliphatic rings. The maximum Gasteiger partial charge on any atom is 0.337 e. The molecule has 0 atom stereocenters. The lowest BCUT2D eigenvalue weighted by Crippen LogP contribution is -2.19. The summed E-state index contributed by atoms with van der Waals surface area (Å²) in [6.07, 6.45) is 1.82. The van der Waals surface area contributed by atoms with Gasteiger partial charge in [-0.1, -0.05) is 11.6 Å². The van der Waals surface area contributed by atoms with Crippen LogP contribution in [0.25, 0.3) is 11.8 Å². The summed E-state index contributed by atoms with van der Waals surface area (Å²) in [5, 5.41) is 12.7. The van der Waals surface area contributed by atoms with Gasteiger partial charge in [0, 0.05) is 17.1 Å². The highest BCUT2D eigenvalue weighted by Crippen LogP contribution is 2.31. The molecule has 1 amide bonds. The molecule has 0 bridgehead atoms. The smallest absolute Gasteiger partial charge is 0.337 e. The summed E-state index contributed by atoms with van der Waals surface area (Å²) >= 11 is 7.43. The Morgan fingerprint density at radius 2 is 1.91 bits per heavy atom. The number of hydrogen-bond donors (Lipinski definition) is 2. The average molecular weight is 482 g/mol. The number of carbonyl (C=O) groups is 2. The first kappa shape index (κ1) is 22.7. The van der Waals surface area contributed by atoms with Gasteiger partial charge in [-0.15, -0.1) is 0 Å². The summed E-state index contributed by atoms with van der Waals surface area (Å²) in [4.78, 5) is 28.8. The first-order valence-electron chi connectivity index (χ1n) is 9.92. The fourth-order valence-electron chi connectivity index (χ4n) is 3.54. The van der Waals surface area contributed by atoms with Crippen molar-refractivity contribution in [3.05, 3.63) is 81.0 Å². The van der Waals surface area contributed by atoms with Gasteiger partial charge < -0.3 is 19.7 Å². The third-order valence-corrected chi connectivity index (χ3v) is 6.37. The first-order chi connectivity index (χ1) is 15.8. The van der Waals surface area contributed by atoms with E-state index in [4.69, 9.17) is 16.3 Å². The minimum atomic E-state index is -1.07. The normalized spacial score (nSPS) is 15.8. The SMILES string of the molecule is COc1ccc(N=C2NC(=O)/C(=C/c3cc(C)n(-c4ccc(C(=O)O)c(Cl)c4)c3C)S2)cc1. The van der Waals surface area contributed by atoms with Crippen LogP contribution in [0.4, 0.5) is 5.69 Å². The van der Waals surface area contributed by atoms with Crippen LogP contribution in [0.15, 0.2) is 58.4 Å². The van der Waals surface area contributed by atoms with E-state index in [-0.39, 0.29) is 16.5 Å². The van der Waals surface area contributed by atoms with E-state index in [0.717, 1.165) is 28.4 Å². The number of halogens is 1. The van der Waals surface area contributed by atoms with E-state index in [1.807, 2.05) is 54.8 Å². The molecule has 168 valence electrons. The highest BCUT2D eigenvalue weighted by atomic mass is 35.5. The number of aromatic carboxylic acids is 1. The number of thioether (sulfide) groups is 1. The van der Waals surface area contributed by atoms with Crippen LogP contribution in [-0.2, 0) is 4.79 Å². The maximum atomic E-state index is 12.5. The molecular formula is C24H20ClN3O4S. The van der Waals surface area contributed by atoms with Gasteiger partial charge >= 0.3 is 5.97 Å². The predicted octanol–water partition coefficient (Wildman–Crippen LogP) is 5.35. The molecule has 1 saturated heterocycles. The molecule has 9 heteroatoms. The summed E-state index contributed by atoms with van der Waals surface area (Å²) in [6, 6.07) is 14.0. The van der Waals surface area contributed by atoms with Crippen molar-refractivity contribution in [1.82, 2.24) is 9.88 Å². The molecule has 1 fully saturated rings. The Labute approximate surface area is 199 Å². The number of methoxy groups -OCH3 is 1. The number of nitrogens with one attached hydrogen (secondary N) is 1. The number of rotatable bonds is 5. The van der Waals surface area contributed by atoms with Gasteiger partial charge in [-0.05, 0) is 85.8 Å². The molecule has 33 heavy (non-hydrogen) atoms. The van der Waals surface area contributed by atoms with E-state index in [9.17, 15) is 14.7 Å². The lowest BCUT2D eigenvalue weighted by Gasteiger charge is -2.11. The van der Waals surface area contributed by atoms with Crippen molar-refractivity contribution < 1.29 is 19.4 Å². The van der Waals surface area contributed by atoms with Gasteiger partial charge in [0.1, 0.15) is 5.75 Å². The second kappa shape index (κ2) is 9.17. The Balaban J connectivity index is 1.62. The van der Waals surface area contributed by atoms with Gasteiger partial charge in [-0.2, -0.15) is 0 Å². The van der Waals surface area contributed by atoms with Gasteiger partial charge in [0.2, 0.25) is 0 Å². The molecule has 2 heterocycles. The van der Waals surface area contributed by atoms with Crippen LogP contribution in [0.1, 0.15) is 27.3 Å². The van der Waals surface area contributed by atoms with Crippen LogP contribution < -0.4 is 10.1 Å². The quantitative estimate of drug-likeness (QED) is 0.479. The molecule has 7 nitrogen and oxygen atoms in total. The summed E-state index contributed by atoms with van der Waals surface area (Å²) in [5.74, 6) is -0.558. The molecule has 2 N–H and O–H groups in total. The largest absolute Gasteiger partial charge is 0.497 e. The zero-order valence-corrected chi connectivity index (χ0v) is 19.6. The highest BCUT2D eigenvalue weighted by molar-refractivity contribution is 8.18. The molecule has 1 aromatic heterocycles. The van der Waals surface area contributed by atoms with Crippen LogP contribution in [-0.4, -0.2) is 33.8 Å². The number of carboxylic acids is 1. The number of carbonyl (C=O) groups excluding carboxylic acids is 1. The molecule has 0 spiro atoms. The van der Waals surface area contributed by atoms with Gasteiger partial charge in [-0.25, -0.2) is 9.79 Å². The van der Waals surface area contributed by atoms with Crippen LogP contribution in [0.3, 0.4) is 0 Å². The van der Waals surface area contributed by atoms with Crippen LogP contribution in [0, 0.1) is 13.8 Å². The predicted molar refractivity (Wildman–Crippen MR) is 131 cm³/mol. The maximum absolute atomic E-state index is 12.5. The van der Waals surface area contributed by atoms with Crippen LogP contribution >= 0.6 is 23.4 Å². The summed E-state index contributed by atoms with van der Waals surface area (Å²) < 4.78 is 7.12. The minimum absolute atomic E-state index is 0.0490. The van der Waals surface area contributed by atoms with Gasteiger partial charge in [0.15, 0.2) is 5.17 Å². The number of amidine groups is 1. The minimum Gasteiger partial charge on any atom is -0.497 e. The topological polar surface area (TPSA) is 92.9 Å². The van der Waals surface area contributed by atoms with Crippen LogP contribution in [0.2, 0.25) is 5.02 Å². The number of ether oxygens (including phenoxy) is 1. The zero-order chi connectivity index (χ0) is 23.7. The number of aryl methyl sites for hydroxylation is 1. The second-order valence-corrected chi connectivity index (χ2v) is 8.75. The van der Waals surface area contributed by atoms with Crippen LogP contribution in [0.5, 0.6) is 5.75 Å². The van der Waals surface area contributed by atoms with Gasteiger partial charge in [-0.3, -0.25) is 4.79 Å². The first-order valence-corrected chi connectivity index (χ1v) is 11.1.